The van der Waals surface area contributed by atoms with Gasteiger partial charge in [-0.2, -0.15) is 0 Å². The van der Waals surface area contributed by atoms with Crippen molar-refractivity contribution in [1.82, 2.24) is 4.72 Å². The largest absolute Gasteiger partial charge is 0.274 e. The van der Waals surface area contributed by atoms with Crippen molar-refractivity contribution in [1.29, 1.82) is 0 Å². The second-order valence-electron chi connectivity index (χ2n) is 3.70. The molecule has 1 aromatic heterocycles. The smallest absolute Gasteiger partial charge is 0.267 e. The van der Waals surface area contributed by atoms with Gasteiger partial charge in [0.2, 0.25) is 10.0 Å². The average Bonchev–Trinajstić information content (AvgIpc) is 2.68. The fourth-order valence-corrected chi connectivity index (χ4v) is 3.28. The normalized spacial score (nSPS) is 13.4. The van der Waals surface area contributed by atoms with Crippen molar-refractivity contribution in [3.8, 4) is 0 Å². The van der Waals surface area contributed by atoms with E-state index in [2.05, 4.69) is 4.72 Å². The van der Waals surface area contributed by atoms with Crippen LogP contribution < -0.4 is 4.72 Å². The molecule has 1 N–H and O–H groups in total. The standard InChI is InChI=1S/C10H15NO3S2/c1-3-8(2)7-16(13,14)11-10(12)9-5-4-6-15-9/h4-6,8H,3,7H2,1-2H3,(H,11,12)/t8-/m1/s1. The zero-order chi connectivity index (χ0) is 12.2. The van der Waals surface area contributed by atoms with E-state index in [1.807, 2.05) is 13.8 Å². The summed E-state index contributed by atoms with van der Waals surface area (Å²) in [5, 5.41) is 1.73. The molecule has 0 saturated carbocycles. The van der Waals surface area contributed by atoms with Crippen molar-refractivity contribution in [2.24, 2.45) is 5.92 Å². The van der Waals surface area contributed by atoms with E-state index >= 15 is 0 Å². The lowest BCUT2D eigenvalue weighted by Crippen LogP contribution is -2.33. The van der Waals surface area contributed by atoms with Crippen molar-refractivity contribution in [2.45, 2.75) is 20.3 Å². The molecule has 1 rings (SSSR count). The highest BCUT2D eigenvalue weighted by Crippen LogP contribution is 2.09. The van der Waals surface area contributed by atoms with Gasteiger partial charge in [0, 0.05) is 0 Å². The number of amides is 1. The van der Waals surface area contributed by atoms with Crippen molar-refractivity contribution in [3.05, 3.63) is 22.4 Å². The van der Waals surface area contributed by atoms with Crippen LogP contribution in [0.25, 0.3) is 0 Å². The van der Waals surface area contributed by atoms with Gasteiger partial charge in [0.15, 0.2) is 0 Å². The van der Waals surface area contributed by atoms with Gasteiger partial charge in [0.1, 0.15) is 0 Å². The Morgan fingerprint density at radius 3 is 2.75 bits per heavy atom. The van der Waals surface area contributed by atoms with Crippen LogP contribution in [0, 0.1) is 5.92 Å². The Kier molecular flexibility index (Phi) is 4.49. The first kappa shape index (κ1) is 13.2. The fourth-order valence-electron chi connectivity index (χ4n) is 1.13. The molecule has 0 spiro atoms. The molecule has 1 aromatic rings. The van der Waals surface area contributed by atoms with Crippen molar-refractivity contribution >= 4 is 27.3 Å². The third-order valence-corrected chi connectivity index (χ3v) is 4.57. The van der Waals surface area contributed by atoms with Gasteiger partial charge >= 0.3 is 0 Å². The molecule has 0 aliphatic carbocycles. The highest BCUT2D eigenvalue weighted by atomic mass is 32.2. The van der Waals surface area contributed by atoms with Gasteiger partial charge in [-0.05, 0) is 17.4 Å². The zero-order valence-electron chi connectivity index (χ0n) is 9.26. The highest BCUT2D eigenvalue weighted by molar-refractivity contribution is 7.90. The SMILES string of the molecule is CC[C@@H](C)CS(=O)(=O)NC(=O)c1cccs1. The summed E-state index contributed by atoms with van der Waals surface area (Å²) in [5.41, 5.74) is 0. The van der Waals surface area contributed by atoms with Crippen LogP contribution in [0.3, 0.4) is 0 Å². The third-order valence-electron chi connectivity index (χ3n) is 2.19. The molecule has 0 fully saturated rings. The van der Waals surface area contributed by atoms with Crippen LogP contribution in [0.15, 0.2) is 17.5 Å². The summed E-state index contributed by atoms with van der Waals surface area (Å²) in [5.74, 6) is -0.507. The summed E-state index contributed by atoms with van der Waals surface area (Å²) < 4.78 is 25.2. The van der Waals surface area contributed by atoms with Crippen LogP contribution in [-0.4, -0.2) is 20.1 Å². The van der Waals surface area contributed by atoms with Gasteiger partial charge in [-0.1, -0.05) is 26.3 Å². The number of nitrogens with one attached hydrogen (secondary N) is 1. The Morgan fingerprint density at radius 1 is 1.56 bits per heavy atom. The minimum absolute atomic E-state index is 0.0133. The second kappa shape index (κ2) is 5.45. The molecule has 0 unspecified atom stereocenters. The maximum Gasteiger partial charge on any atom is 0.274 e. The number of carbonyl (C=O) groups excluding carboxylic acids is 1. The molecular weight excluding hydrogens is 246 g/mol. The summed E-state index contributed by atoms with van der Waals surface area (Å²) in [4.78, 5) is 11.9. The minimum Gasteiger partial charge on any atom is -0.267 e. The molecule has 16 heavy (non-hydrogen) atoms. The minimum atomic E-state index is -3.51. The number of hydrogen-bond acceptors (Lipinski definition) is 4. The predicted octanol–water partition coefficient (Wildman–Crippen LogP) is 1.85. The summed E-state index contributed by atoms with van der Waals surface area (Å²) in [7, 11) is -3.51. The van der Waals surface area contributed by atoms with Crippen molar-refractivity contribution in [2.75, 3.05) is 5.75 Å². The lowest BCUT2D eigenvalue weighted by atomic mass is 10.2. The Balaban J connectivity index is 2.63. The molecule has 0 saturated heterocycles. The van der Waals surface area contributed by atoms with Crippen LogP contribution >= 0.6 is 11.3 Å². The molecule has 0 radical (unpaired) electrons. The van der Waals surface area contributed by atoms with E-state index in [0.717, 1.165) is 6.42 Å². The fraction of sp³-hybridized carbons (Fsp3) is 0.500. The Labute approximate surface area is 99.7 Å². The lowest BCUT2D eigenvalue weighted by Gasteiger charge is -2.09. The van der Waals surface area contributed by atoms with E-state index < -0.39 is 15.9 Å². The third kappa shape index (κ3) is 3.94. The number of hydrogen-bond donors (Lipinski definition) is 1. The molecule has 1 heterocycles. The topological polar surface area (TPSA) is 63.2 Å². The molecule has 0 aliphatic rings. The van der Waals surface area contributed by atoms with E-state index in [1.54, 1.807) is 17.5 Å². The second-order valence-corrected chi connectivity index (χ2v) is 6.42. The van der Waals surface area contributed by atoms with Crippen LogP contribution in [0.1, 0.15) is 29.9 Å². The molecule has 0 aromatic carbocycles. The average molecular weight is 261 g/mol. The summed E-state index contributed by atoms with van der Waals surface area (Å²) in [6, 6.07) is 3.31. The molecule has 0 bridgehead atoms. The van der Waals surface area contributed by atoms with Crippen LogP contribution in [0.5, 0.6) is 0 Å². The van der Waals surface area contributed by atoms with Crippen LogP contribution in [0.2, 0.25) is 0 Å². The first-order valence-corrected chi connectivity index (χ1v) is 7.56. The van der Waals surface area contributed by atoms with Gasteiger partial charge in [0.25, 0.3) is 5.91 Å². The van der Waals surface area contributed by atoms with Gasteiger partial charge in [0.05, 0.1) is 10.6 Å². The number of carbonyl (C=O) groups is 1. The summed E-state index contributed by atoms with van der Waals surface area (Å²) in [6.45, 7) is 3.76. The number of thiophene rings is 1. The molecular formula is C10H15NO3S2. The molecule has 6 heteroatoms. The maximum atomic E-state index is 11.6. The molecule has 4 nitrogen and oxygen atoms in total. The Morgan fingerprint density at radius 2 is 2.25 bits per heavy atom. The zero-order valence-corrected chi connectivity index (χ0v) is 10.9. The monoisotopic (exact) mass is 261 g/mol. The quantitative estimate of drug-likeness (QED) is 0.880. The molecule has 1 atom stereocenters. The van der Waals surface area contributed by atoms with Gasteiger partial charge in [-0.15, -0.1) is 11.3 Å². The summed E-state index contributed by atoms with van der Waals surface area (Å²) in [6.07, 6.45) is 0.772. The molecule has 0 aliphatic heterocycles. The van der Waals surface area contributed by atoms with Gasteiger partial charge < -0.3 is 0 Å². The first-order chi connectivity index (χ1) is 7.44. The van der Waals surface area contributed by atoms with E-state index in [9.17, 15) is 13.2 Å². The summed E-state index contributed by atoms with van der Waals surface area (Å²) >= 11 is 1.22. The Bertz CT molecular complexity index is 437. The predicted molar refractivity (Wildman–Crippen MR) is 65.0 cm³/mol. The van der Waals surface area contributed by atoms with Crippen molar-refractivity contribution < 1.29 is 13.2 Å². The number of sulfonamides is 1. The maximum absolute atomic E-state index is 11.6. The van der Waals surface area contributed by atoms with E-state index in [1.165, 1.54) is 11.3 Å². The van der Waals surface area contributed by atoms with Gasteiger partial charge in [-0.3, -0.25) is 4.79 Å². The van der Waals surface area contributed by atoms with E-state index in [0.29, 0.717) is 4.88 Å². The van der Waals surface area contributed by atoms with E-state index in [-0.39, 0.29) is 11.7 Å². The van der Waals surface area contributed by atoms with Gasteiger partial charge in [-0.25, -0.2) is 13.1 Å². The lowest BCUT2D eigenvalue weighted by molar-refractivity contribution is 0.0985. The first-order valence-electron chi connectivity index (χ1n) is 5.03. The van der Waals surface area contributed by atoms with Crippen LogP contribution in [0.4, 0.5) is 0 Å². The highest BCUT2D eigenvalue weighted by Gasteiger charge is 2.18. The van der Waals surface area contributed by atoms with Crippen molar-refractivity contribution in [3.63, 3.8) is 0 Å². The molecule has 1 amide bonds. The number of rotatable bonds is 5. The van der Waals surface area contributed by atoms with Crippen LogP contribution in [-0.2, 0) is 10.0 Å². The van der Waals surface area contributed by atoms with E-state index in [4.69, 9.17) is 0 Å². The Hall–Kier alpha value is -0.880. The molecule has 90 valence electrons.